The number of fused-ring (bicyclic) bond motifs is 1. The van der Waals surface area contributed by atoms with Crippen LogP contribution in [0.2, 0.25) is 0 Å². The Morgan fingerprint density at radius 1 is 0.867 bits per heavy atom. The smallest absolute Gasteiger partial charge is 0.240 e. The number of benzene rings is 3. The Morgan fingerprint density at radius 3 is 2.37 bits per heavy atom. The minimum absolute atomic E-state index is 0.00496. The van der Waals surface area contributed by atoms with Crippen molar-refractivity contribution in [3.8, 4) is 11.5 Å². The highest BCUT2D eigenvalue weighted by molar-refractivity contribution is 6.02. The van der Waals surface area contributed by atoms with Crippen LogP contribution in [-0.2, 0) is 9.59 Å². The van der Waals surface area contributed by atoms with Crippen molar-refractivity contribution in [2.45, 2.75) is 12.8 Å². The minimum atomic E-state index is -0.361. The lowest BCUT2D eigenvalue weighted by atomic mass is 10.0. The van der Waals surface area contributed by atoms with E-state index in [2.05, 4.69) is 15.8 Å². The van der Waals surface area contributed by atoms with Crippen LogP contribution in [0, 0.1) is 0 Å². The number of rotatable bonds is 8. The van der Waals surface area contributed by atoms with Gasteiger partial charge in [0.05, 0.1) is 26.1 Å². The maximum atomic E-state index is 12.1. The van der Waals surface area contributed by atoms with Crippen molar-refractivity contribution in [1.82, 2.24) is 5.43 Å². The standard InChI is InChI=1S/C23H23N3O4/c1-29-20-12-11-16-7-3-4-8-17(16)18(20)15-24-26-23(28)14-13-22(27)25-19-9-5-6-10-21(19)30-2/h3-12,15H,13-14H2,1-2H3,(H,25,27)(H,26,28). The number of hydrazone groups is 1. The van der Waals surface area contributed by atoms with E-state index in [4.69, 9.17) is 9.47 Å². The molecule has 2 N–H and O–H groups in total. The minimum Gasteiger partial charge on any atom is -0.496 e. The summed E-state index contributed by atoms with van der Waals surface area (Å²) in [5, 5.41) is 8.77. The van der Waals surface area contributed by atoms with Crippen molar-refractivity contribution in [2.24, 2.45) is 5.10 Å². The average molecular weight is 405 g/mol. The average Bonchev–Trinajstić information content (AvgIpc) is 2.78. The van der Waals surface area contributed by atoms with Crippen molar-refractivity contribution < 1.29 is 19.1 Å². The first-order valence-electron chi connectivity index (χ1n) is 9.43. The fourth-order valence-electron chi connectivity index (χ4n) is 3.00. The topological polar surface area (TPSA) is 89.0 Å². The van der Waals surface area contributed by atoms with Crippen LogP contribution in [0.3, 0.4) is 0 Å². The van der Waals surface area contributed by atoms with Gasteiger partial charge in [-0.05, 0) is 29.0 Å². The quantitative estimate of drug-likeness (QED) is 0.441. The van der Waals surface area contributed by atoms with Crippen LogP contribution in [-0.4, -0.2) is 32.2 Å². The molecule has 0 aliphatic rings. The van der Waals surface area contributed by atoms with Gasteiger partial charge in [-0.2, -0.15) is 5.10 Å². The molecule has 0 heterocycles. The summed E-state index contributed by atoms with van der Waals surface area (Å²) in [6, 6.07) is 18.7. The van der Waals surface area contributed by atoms with Crippen LogP contribution < -0.4 is 20.2 Å². The predicted molar refractivity (Wildman–Crippen MR) is 117 cm³/mol. The number of para-hydroxylation sites is 2. The fourth-order valence-corrected chi connectivity index (χ4v) is 3.00. The van der Waals surface area contributed by atoms with E-state index >= 15 is 0 Å². The van der Waals surface area contributed by atoms with Gasteiger partial charge in [-0.15, -0.1) is 0 Å². The highest BCUT2D eigenvalue weighted by Gasteiger charge is 2.10. The van der Waals surface area contributed by atoms with Gasteiger partial charge >= 0.3 is 0 Å². The number of amides is 2. The van der Waals surface area contributed by atoms with Gasteiger partial charge in [0.15, 0.2) is 0 Å². The van der Waals surface area contributed by atoms with Gasteiger partial charge in [0.2, 0.25) is 11.8 Å². The Labute approximate surface area is 174 Å². The second-order valence-corrected chi connectivity index (χ2v) is 6.44. The number of carbonyl (C=O) groups is 2. The lowest BCUT2D eigenvalue weighted by Crippen LogP contribution is -2.20. The molecule has 0 unspecified atom stereocenters. The zero-order valence-corrected chi connectivity index (χ0v) is 16.8. The molecule has 0 spiro atoms. The molecule has 3 aromatic rings. The van der Waals surface area contributed by atoms with Gasteiger partial charge in [-0.1, -0.05) is 42.5 Å². The predicted octanol–water partition coefficient (Wildman–Crippen LogP) is 3.73. The van der Waals surface area contributed by atoms with Gasteiger partial charge in [0, 0.05) is 18.4 Å². The van der Waals surface area contributed by atoms with E-state index in [-0.39, 0.29) is 24.7 Å². The molecule has 0 saturated carbocycles. The first kappa shape index (κ1) is 20.9. The maximum Gasteiger partial charge on any atom is 0.240 e. The Bertz CT molecular complexity index is 1080. The zero-order chi connectivity index (χ0) is 21.3. The van der Waals surface area contributed by atoms with E-state index in [9.17, 15) is 9.59 Å². The molecule has 0 aliphatic carbocycles. The van der Waals surface area contributed by atoms with Crippen molar-refractivity contribution in [1.29, 1.82) is 0 Å². The van der Waals surface area contributed by atoms with Crippen molar-refractivity contribution in [2.75, 3.05) is 19.5 Å². The lowest BCUT2D eigenvalue weighted by molar-refractivity contribution is -0.124. The summed E-state index contributed by atoms with van der Waals surface area (Å²) in [5.74, 6) is 0.571. The van der Waals surface area contributed by atoms with Crippen molar-refractivity contribution in [3.05, 3.63) is 66.2 Å². The maximum absolute atomic E-state index is 12.1. The molecule has 0 atom stereocenters. The van der Waals surface area contributed by atoms with Crippen molar-refractivity contribution in [3.63, 3.8) is 0 Å². The molecule has 30 heavy (non-hydrogen) atoms. The molecule has 0 bridgehead atoms. The molecule has 0 radical (unpaired) electrons. The molecule has 2 amide bonds. The lowest BCUT2D eigenvalue weighted by Gasteiger charge is -2.09. The summed E-state index contributed by atoms with van der Waals surface area (Å²) in [4.78, 5) is 24.2. The zero-order valence-electron chi connectivity index (χ0n) is 16.8. The van der Waals surface area contributed by atoms with E-state index in [0.717, 1.165) is 16.3 Å². The van der Waals surface area contributed by atoms with Crippen LogP contribution >= 0.6 is 0 Å². The van der Waals surface area contributed by atoms with Gasteiger partial charge in [-0.25, -0.2) is 5.43 Å². The number of ether oxygens (including phenoxy) is 2. The molecule has 7 heteroatoms. The monoisotopic (exact) mass is 405 g/mol. The molecule has 0 fully saturated rings. The molecule has 7 nitrogen and oxygen atoms in total. The molecular weight excluding hydrogens is 382 g/mol. The van der Waals surface area contributed by atoms with E-state index in [1.54, 1.807) is 31.5 Å². The van der Waals surface area contributed by atoms with E-state index in [0.29, 0.717) is 17.2 Å². The third-order valence-corrected chi connectivity index (χ3v) is 4.49. The number of anilines is 1. The van der Waals surface area contributed by atoms with E-state index in [1.807, 2.05) is 42.5 Å². The summed E-state index contributed by atoms with van der Waals surface area (Å²) in [6.45, 7) is 0. The first-order chi connectivity index (χ1) is 14.6. The van der Waals surface area contributed by atoms with Gasteiger partial charge in [-0.3, -0.25) is 9.59 Å². The third-order valence-electron chi connectivity index (χ3n) is 4.49. The second-order valence-electron chi connectivity index (χ2n) is 6.44. The summed E-state index contributed by atoms with van der Waals surface area (Å²) < 4.78 is 10.6. The van der Waals surface area contributed by atoms with Crippen LogP contribution in [0.4, 0.5) is 5.69 Å². The van der Waals surface area contributed by atoms with Crippen molar-refractivity contribution >= 4 is 34.5 Å². The largest absolute Gasteiger partial charge is 0.496 e. The Morgan fingerprint density at radius 2 is 1.57 bits per heavy atom. The highest BCUT2D eigenvalue weighted by Crippen LogP contribution is 2.26. The molecule has 3 aromatic carbocycles. The number of hydrogen-bond acceptors (Lipinski definition) is 5. The Hall–Kier alpha value is -3.87. The number of hydrogen-bond donors (Lipinski definition) is 2. The molecule has 0 saturated heterocycles. The number of carbonyl (C=O) groups excluding carboxylic acids is 2. The number of methoxy groups -OCH3 is 2. The summed E-state index contributed by atoms with van der Waals surface area (Å²) in [6.07, 6.45) is 1.58. The SMILES string of the molecule is COc1ccccc1NC(=O)CCC(=O)NN=Cc1c(OC)ccc2ccccc12. The molecular formula is C23H23N3O4. The van der Waals surface area contributed by atoms with Crippen LogP contribution in [0.1, 0.15) is 18.4 Å². The second kappa shape index (κ2) is 10.1. The van der Waals surface area contributed by atoms with E-state index < -0.39 is 0 Å². The highest BCUT2D eigenvalue weighted by atomic mass is 16.5. The van der Waals surface area contributed by atoms with Gasteiger partial charge in [0.1, 0.15) is 11.5 Å². The Balaban J connectivity index is 1.57. The Kier molecular flexibility index (Phi) is 7.00. The molecule has 3 rings (SSSR count). The van der Waals surface area contributed by atoms with Crippen LogP contribution in [0.5, 0.6) is 11.5 Å². The fraction of sp³-hybridized carbons (Fsp3) is 0.174. The van der Waals surface area contributed by atoms with Crippen LogP contribution in [0.25, 0.3) is 10.8 Å². The molecule has 154 valence electrons. The normalized spacial score (nSPS) is 10.7. The van der Waals surface area contributed by atoms with Crippen LogP contribution in [0.15, 0.2) is 65.8 Å². The summed E-state index contributed by atoms with van der Waals surface area (Å²) in [5.41, 5.74) is 3.79. The molecule has 0 aromatic heterocycles. The number of nitrogens with zero attached hydrogens (tertiary/aromatic N) is 1. The van der Waals surface area contributed by atoms with Gasteiger partial charge in [0.25, 0.3) is 0 Å². The number of nitrogens with one attached hydrogen (secondary N) is 2. The summed E-state index contributed by atoms with van der Waals surface area (Å²) >= 11 is 0. The third kappa shape index (κ3) is 5.14. The first-order valence-corrected chi connectivity index (χ1v) is 9.43. The van der Waals surface area contributed by atoms with E-state index in [1.165, 1.54) is 7.11 Å². The molecule has 0 aliphatic heterocycles. The summed E-state index contributed by atoms with van der Waals surface area (Å²) in [7, 11) is 3.11. The van der Waals surface area contributed by atoms with Gasteiger partial charge < -0.3 is 14.8 Å².